The molecule has 1 aliphatic rings. The summed E-state index contributed by atoms with van der Waals surface area (Å²) in [4.78, 5) is 23.1. The second-order valence-corrected chi connectivity index (χ2v) is 7.33. The molecule has 0 bridgehead atoms. The fraction of sp³-hybridized carbons (Fsp3) is 0.571. The number of fused-ring (bicyclic) bond motifs is 1. The Labute approximate surface area is 176 Å². The lowest BCUT2D eigenvalue weighted by Gasteiger charge is -2.32. The van der Waals surface area contributed by atoms with E-state index >= 15 is 0 Å². The van der Waals surface area contributed by atoms with Gasteiger partial charge in [-0.05, 0) is 25.3 Å². The van der Waals surface area contributed by atoms with E-state index in [4.69, 9.17) is 19.9 Å². The van der Waals surface area contributed by atoms with Crippen LogP contribution >= 0.6 is 0 Å². The molecule has 1 aromatic heterocycles. The van der Waals surface area contributed by atoms with Gasteiger partial charge < -0.3 is 30.2 Å². The number of nitrogens with two attached hydrogens (primary N) is 1. The smallest absolute Gasteiger partial charge is 0.246 e. The number of nitrogens with zero attached hydrogens (tertiary/aromatic N) is 3. The number of anilines is 2. The minimum atomic E-state index is -0.0547. The van der Waals surface area contributed by atoms with Gasteiger partial charge in [0.25, 0.3) is 0 Å². The molecule has 30 heavy (non-hydrogen) atoms. The molecule has 0 radical (unpaired) electrons. The van der Waals surface area contributed by atoms with Crippen LogP contribution in [0.3, 0.4) is 0 Å². The second-order valence-electron chi connectivity index (χ2n) is 7.33. The van der Waals surface area contributed by atoms with Gasteiger partial charge in [-0.25, -0.2) is 4.98 Å². The van der Waals surface area contributed by atoms with Crippen LogP contribution in [0.4, 0.5) is 11.8 Å². The summed E-state index contributed by atoms with van der Waals surface area (Å²) in [5.41, 5.74) is 6.90. The minimum Gasteiger partial charge on any atom is -0.493 e. The fourth-order valence-electron chi connectivity index (χ4n) is 3.48. The van der Waals surface area contributed by atoms with Crippen LogP contribution in [0.1, 0.15) is 32.6 Å². The van der Waals surface area contributed by atoms with E-state index in [9.17, 15) is 4.79 Å². The van der Waals surface area contributed by atoms with E-state index in [0.717, 1.165) is 44.2 Å². The number of benzene rings is 1. The summed E-state index contributed by atoms with van der Waals surface area (Å²) in [7, 11) is 3.17. The van der Waals surface area contributed by atoms with Crippen molar-refractivity contribution in [2.75, 3.05) is 51.1 Å². The van der Waals surface area contributed by atoms with Crippen LogP contribution in [0.15, 0.2) is 12.1 Å². The zero-order valence-electron chi connectivity index (χ0n) is 17.9. The van der Waals surface area contributed by atoms with Gasteiger partial charge in [0.2, 0.25) is 11.9 Å². The number of carbonyl (C=O) groups is 1. The monoisotopic (exact) mass is 417 g/mol. The number of methoxy groups -OCH3 is 2. The Morgan fingerprint density at radius 1 is 1.20 bits per heavy atom. The molecular formula is C21H31N5O4. The maximum Gasteiger partial charge on any atom is 0.246 e. The maximum atomic E-state index is 11.8. The summed E-state index contributed by atoms with van der Waals surface area (Å²) in [6, 6.07) is 3.60. The number of aromatic nitrogens is 2. The molecule has 1 fully saturated rings. The molecule has 1 saturated heterocycles. The first-order valence-electron chi connectivity index (χ1n) is 10.4. The molecule has 1 aromatic carbocycles. The molecule has 0 aliphatic carbocycles. The molecule has 9 nitrogen and oxygen atoms in total. The molecular weight excluding hydrogens is 386 g/mol. The van der Waals surface area contributed by atoms with E-state index in [0.29, 0.717) is 35.3 Å². The summed E-state index contributed by atoms with van der Waals surface area (Å²) in [6.07, 6.45) is 3.70. The first-order valence-corrected chi connectivity index (χ1v) is 10.4. The maximum absolute atomic E-state index is 11.8. The highest BCUT2D eigenvalue weighted by molar-refractivity contribution is 5.91. The predicted octanol–water partition coefficient (Wildman–Crippen LogP) is 2.13. The normalized spacial score (nSPS) is 14.7. The largest absolute Gasteiger partial charge is 0.493 e. The topological polar surface area (TPSA) is 112 Å². The molecule has 2 heterocycles. The second kappa shape index (κ2) is 10.3. The lowest BCUT2D eigenvalue weighted by Crippen LogP contribution is -2.39. The molecule has 3 N–H and O–H groups in total. The van der Waals surface area contributed by atoms with Crippen molar-refractivity contribution in [3.05, 3.63) is 12.1 Å². The van der Waals surface area contributed by atoms with Gasteiger partial charge in [-0.2, -0.15) is 4.98 Å². The SMILES string of the molecule is CCCCNC(=O)COC1CCN(c2nc(N)c3cc(OC)c(OC)cc3n2)CC1. The third-order valence-corrected chi connectivity index (χ3v) is 5.25. The van der Waals surface area contributed by atoms with Crippen LogP contribution in [-0.4, -0.2) is 62.4 Å². The number of nitrogen functional groups attached to an aromatic ring is 1. The van der Waals surface area contributed by atoms with Crippen LogP contribution in [0, 0.1) is 0 Å². The van der Waals surface area contributed by atoms with Crippen LogP contribution < -0.4 is 25.4 Å². The van der Waals surface area contributed by atoms with Gasteiger partial charge in [0.15, 0.2) is 11.5 Å². The lowest BCUT2D eigenvalue weighted by atomic mass is 10.1. The average Bonchev–Trinajstić information content (AvgIpc) is 2.77. The molecule has 0 spiro atoms. The van der Waals surface area contributed by atoms with Gasteiger partial charge in [-0.3, -0.25) is 4.79 Å². The predicted molar refractivity (Wildman–Crippen MR) is 116 cm³/mol. The zero-order valence-corrected chi connectivity index (χ0v) is 17.9. The number of unbranched alkanes of at least 4 members (excludes halogenated alkanes) is 1. The molecule has 0 atom stereocenters. The Bertz CT molecular complexity index is 868. The van der Waals surface area contributed by atoms with Crippen molar-refractivity contribution in [1.29, 1.82) is 0 Å². The molecule has 0 saturated carbocycles. The molecule has 164 valence electrons. The quantitative estimate of drug-likeness (QED) is 0.597. The number of hydrogen-bond acceptors (Lipinski definition) is 8. The Kier molecular flexibility index (Phi) is 7.51. The van der Waals surface area contributed by atoms with Gasteiger partial charge in [0, 0.05) is 31.1 Å². The summed E-state index contributed by atoms with van der Waals surface area (Å²) in [5, 5.41) is 3.60. The summed E-state index contributed by atoms with van der Waals surface area (Å²) < 4.78 is 16.5. The van der Waals surface area contributed by atoms with Crippen molar-refractivity contribution in [2.45, 2.75) is 38.7 Å². The molecule has 0 unspecified atom stereocenters. The third-order valence-electron chi connectivity index (χ3n) is 5.25. The molecule has 9 heteroatoms. The lowest BCUT2D eigenvalue weighted by molar-refractivity contribution is -0.128. The van der Waals surface area contributed by atoms with E-state index in [-0.39, 0.29) is 18.6 Å². The van der Waals surface area contributed by atoms with Crippen LogP contribution in [0.5, 0.6) is 11.5 Å². The number of piperidine rings is 1. The average molecular weight is 418 g/mol. The van der Waals surface area contributed by atoms with Gasteiger partial charge in [-0.1, -0.05) is 13.3 Å². The zero-order chi connectivity index (χ0) is 21.5. The Morgan fingerprint density at radius 2 is 1.90 bits per heavy atom. The molecule has 1 amide bonds. The van der Waals surface area contributed by atoms with E-state index < -0.39 is 0 Å². The van der Waals surface area contributed by atoms with E-state index in [2.05, 4.69) is 27.1 Å². The van der Waals surface area contributed by atoms with E-state index in [1.807, 2.05) is 6.07 Å². The first-order chi connectivity index (χ1) is 14.5. The van der Waals surface area contributed by atoms with Gasteiger partial charge in [0.1, 0.15) is 12.4 Å². The Hall–Kier alpha value is -2.81. The van der Waals surface area contributed by atoms with Gasteiger partial charge in [0.05, 0.1) is 25.8 Å². The minimum absolute atomic E-state index is 0.0547. The van der Waals surface area contributed by atoms with Gasteiger partial charge >= 0.3 is 0 Å². The van der Waals surface area contributed by atoms with Crippen molar-refractivity contribution < 1.29 is 19.0 Å². The first kappa shape index (κ1) is 21.9. The third kappa shape index (κ3) is 5.21. The highest BCUT2D eigenvalue weighted by Gasteiger charge is 2.23. The molecule has 1 aliphatic heterocycles. The summed E-state index contributed by atoms with van der Waals surface area (Å²) >= 11 is 0. The van der Waals surface area contributed by atoms with Crippen molar-refractivity contribution >= 4 is 28.6 Å². The Morgan fingerprint density at radius 3 is 2.57 bits per heavy atom. The molecule has 2 aromatic rings. The van der Waals surface area contributed by atoms with Crippen LogP contribution in [0.2, 0.25) is 0 Å². The number of hydrogen-bond donors (Lipinski definition) is 2. The fourth-order valence-corrected chi connectivity index (χ4v) is 3.48. The number of amides is 1. The van der Waals surface area contributed by atoms with Crippen molar-refractivity contribution in [2.24, 2.45) is 0 Å². The van der Waals surface area contributed by atoms with Crippen LogP contribution in [0.25, 0.3) is 10.9 Å². The van der Waals surface area contributed by atoms with Crippen LogP contribution in [-0.2, 0) is 9.53 Å². The number of ether oxygens (including phenoxy) is 3. The van der Waals surface area contributed by atoms with Gasteiger partial charge in [-0.15, -0.1) is 0 Å². The highest BCUT2D eigenvalue weighted by Crippen LogP contribution is 2.34. The van der Waals surface area contributed by atoms with E-state index in [1.54, 1.807) is 20.3 Å². The van der Waals surface area contributed by atoms with Crippen molar-refractivity contribution in [1.82, 2.24) is 15.3 Å². The summed E-state index contributed by atoms with van der Waals surface area (Å²) in [6.45, 7) is 4.38. The number of carbonyl (C=O) groups excluding carboxylic acids is 1. The summed E-state index contributed by atoms with van der Waals surface area (Å²) in [5.74, 6) is 2.12. The molecule has 3 rings (SSSR count). The highest BCUT2D eigenvalue weighted by atomic mass is 16.5. The van der Waals surface area contributed by atoms with Crippen molar-refractivity contribution in [3.63, 3.8) is 0 Å². The van der Waals surface area contributed by atoms with Crippen molar-refractivity contribution in [3.8, 4) is 11.5 Å². The number of rotatable bonds is 9. The van der Waals surface area contributed by atoms with E-state index in [1.165, 1.54) is 0 Å². The Balaban J connectivity index is 1.60. The standard InChI is InChI=1S/C21H31N5O4/c1-4-5-8-23-19(27)13-30-14-6-9-26(10-7-14)21-24-16-12-18(29-3)17(28-2)11-15(16)20(22)25-21/h11-12,14H,4-10,13H2,1-3H3,(H,23,27)(H2,22,24,25). The number of nitrogens with one attached hydrogen (secondary N) is 1.